The molecule has 0 fully saturated rings. The van der Waals surface area contributed by atoms with E-state index >= 15 is 0 Å². The molecule has 0 aliphatic heterocycles. The van der Waals surface area contributed by atoms with Crippen molar-refractivity contribution in [3.63, 3.8) is 0 Å². The monoisotopic (exact) mass is 212 g/mol. The summed E-state index contributed by atoms with van der Waals surface area (Å²) in [6.45, 7) is 2.55. The second-order valence-corrected chi connectivity index (χ2v) is 5.06. The van der Waals surface area contributed by atoms with Gasteiger partial charge in [-0.3, -0.25) is 0 Å². The van der Waals surface area contributed by atoms with E-state index in [4.69, 9.17) is 0 Å². The quantitative estimate of drug-likeness (QED) is 0.739. The van der Waals surface area contributed by atoms with Crippen LogP contribution in [0.3, 0.4) is 0 Å². The van der Waals surface area contributed by atoms with Gasteiger partial charge in [0.1, 0.15) is 0 Å². The fraction of sp³-hybridized carbons (Fsp3) is 0.300. The summed E-state index contributed by atoms with van der Waals surface area (Å²) in [4.78, 5) is 0.728. The Morgan fingerprint density at radius 1 is 1.50 bits per heavy atom. The summed E-state index contributed by atoms with van der Waals surface area (Å²) in [7, 11) is -0.502. The van der Waals surface area contributed by atoms with E-state index in [-0.39, 0.29) is 0 Å². The molecule has 78 valence electrons. The Morgan fingerprint density at radius 2 is 2.21 bits per heavy atom. The summed E-state index contributed by atoms with van der Waals surface area (Å²) >= 11 is 0. The van der Waals surface area contributed by atoms with Gasteiger partial charge in [0.2, 0.25) is 0 Å². The van der Waals surface area contributed by atoms with Crippen LogP contribution in [-0.4, -0.2) is 23.7 Å². The molecule has 1 rings (SSSR count). The van der Waals surface area contributed by atoms with Crippen molar-refractivity contribution in [3.05, 3.63) is 24.3 Å². The molecule has 1 atom stereocenters. The molecule has 0 aliphatic rings. The molecular weight excluding hydrogens is 196 g/mol. The van der Waals surface area contributed by atoms with Gasteiger partial charge in [-0.05, 0) is 24.1 Å². The molecule has 1 aromatic rings. The van der Waals surface area contributed by atoms with Crippen LogP contribution in [0.25, 0.3) is 0 Å². The van der Waals surface area contributed by atoms with Gasteiger partial charge >= 0.3 is 0 Å². The van der Waals surface area contributed by atoms with Gasteiger partial charge in [0.15, 0.2) is 0 Å². The number of rotatable bonds is 4. The molecule has 4 heteroatoms. The lowest BCUT2D eigenvalue weighted by molar-refractivity contribution is 0.672. The fourth-order valence-corrected chi connectivity index (χ4v) is 2.42. The van der Waals surface area contributed by atoms with Crippen molar-refractivity contribution in [1.29, 1.82) is 0 Å². The first-order valence-corrected chi connectivity index (χ1v) is 6.22. The lowest BCUT2D eigenvalue weighted by Crippen LogP contribution is -2.22. The first-order chi connectivity index (χ1) is 6.60. The molecule has 14 heavy (non-hydrogen) atoms. The predicted octanol–water partition coefficient (Wildman–Crippen LogP) is 1.33. The van der Waals surface area contributed by atoms with Crippen LogP contribution >= 0.6 is 0 Å². The average molecular weight is 212 g/mol. The van der Waals surface area contributed by atoms with E-state index in [0.717, 1.165) is 10.6 Å². The van der Waals surface area contributed by atoms with Gasteiger partial charge in [-0.1, -0.05) is 13.0 Å². The van der Waals surface area contributed by atoms with Crippen LogP contribution in [0.4, 0.5) is 5.69 Å². The molecule has 0 amide bonds. The van der Waals surface area contributed by atoms with Crippen molar-refractivity contribution in [3.8, 4) is 0 Å². The van der Waals surface area contributed by atoms with E-state index in [2.05, 4.69) is 15.9 Å². The van der Waals surface area contributed by atoms with Gasteiger partial charge in [0, 0.05) is 24.2 Å². The molecule has 0 aromatic heterocycles. The normalized spacial score (nSPS) is 14.7. The molecule has 2 N–H and O–H groups in total. The van der Waals surface area contributed by atoms with Gasteiger partial charge in [-0.2, -0.15) is 0 Å². The highest BCUT2D eigenvalue weighted by atomic mass is 32.2. The molecule has 0 radical (unpaired) electrons. The van der Waals surface area contributed by atoms with Gasteiger partial charge in [0.05, 0.1) is 9.71 Å². The minimum Gasteiger partial charge on any atom is -0.388 e. The Kier molecular flexibility index (Phi) is 3.55. The number of benzene rings is 1. The summed E-state index contributed by atoms with van der Waals surface area (Å²) < 4.78 is 14.9. The first-order valence-electron chi connectivity index (χ1n) is 4.50. The third-order valence-corrected chi connectivity index (χ3v) is 3.65. The highest BCUT2D eigenvalue weighted by molar-refractivity contribution is 7.98. The van der Waals surface area contributed by atoms with Crippen molar-refractivity contribution in [2.45, 2.75) is 11.8 Å². The van der Waals surface area contributed by atoms with Crippen LogP contribution in [-0.2, 0) is 9.71 Å². The Labute approximate surface area is 85.7 Å². The van der Waals surface area contributed by atoms with E-state index in [1.54, 1.807) is 0 Å². The summed E-state index contributed by atoms with van der Waals surface area (Å²) in [5.41, 5.74) is 0.941. The summed E-state index contributed by atoms with van der Waals surface area (Å²) in [6, 6.07) is 7.45. The van der Waals surface area contributed by atoms with Crippen LogP contribution in [0.5, 0.6) is 0 Å². The standard InChI is InChI=1S/C10H16N2OS/c1-4-12-14(3,13)10-7-5-6-9(8-10)11-2/h5-8,11H,3-4H2,1-2H3,(H,12,13). The Bertz CT molecular complexity index is 398. The van der Waals surface area contributed by atoms with E-state index in [0.29, 0.717) is 6.54 Å². The second kappa shape index (κ2) is 4.48. The number of hydrogen-bond acceptors (Lipinski definition) is 2. The van der Waals surface area contributed by atoms with E-state index in [1.165, 1.54) is 0 Å². The van der Waals surface area contributed by atoms with Crippen LogP contribution in [0.1, 0.15) is 6.92 Å². The van der Waals surface area contributed by atoms with Gasteiger partial charge in [0.25, 0.3) is 0 Å². The van der Waals surface area contributed by atoms with Gasteiger partial charge in [-0.25, -0.2) is 8.93 Å². The third-order valence-electron chi connectivity index (χ3n) is 1.88. The smallest absolute Gasteiger partial charge is 0.0533 e. The zero-order valence-corrected chi connectivity index (χ0v) is 9.36. The highest BCUT2D eigenvalue weighted by Gasteiger charge is 2.05. The molecule has 1 unspecified atom stereocenters. The number of anilines is 1. The van der Waals surface area contributed by atoms with Crippen molar-refractivity contribution in [2.75, 3.05) is 18.9 Å². The van der Waals surface area contributed by atoms with E-state index in [1.807, 2.05) is 38.2 Å². The predicted molar refractivity (Wildman–Crippen MR) is 63.2 cm³/mol. The zero-order chi connectivity index (χ0) is 10.6. The molecule has 0 bridgehead atoms. The second-order valence-electron chi connectivity index (χ2n) is 2.95. The third kappa shape index (κ3) is 2.49. The maximum atomic E-state index is 12.0. The van der Waals surface area contributed by atoms with Crippen LogP contribution in [0.15, 0.2) is 29.2 Å². The van der Waals surface area contributed by atoms with E-state index in [9.17, 15) is 4.21 Å². The Balaban J connectivity index is 3.07. The highest BCUT2D eigenvalue weighted by Crippen LogP contribution is 2.14. The number of hydrogen-bond donors (Lipinski definition) is 2. The summed E-state index contributed by atoms with van der Waals surface area (Å²) in [6.07, 6.45) is 0. The molecule has 0 spiro atoms. The van der Waals surface area contributed by atoms with Crippen molar-refractivity contribution in [2.24, 2.45) is 0 Å². The van der Waals surface area contributed by atoms with Crippen LogP contribution in [0.2, 0.25) is 0 Å². The molecule has 0 saturated heterocycles. The zero-order valence-electron chi connectivity index (χ0n) is 8.54. The maximum Gasteiger partial charge on any atom is 0.0533 e. The number of nitrogens with one attached hydrogen (secondary N) is 2. The van der Waals surface area contributed by atoms with Crippen molar-refractivity contribution >= 4 is 21.3 Å². The minimum absolute atomic E-state index is 0.645. The van der Waals surface area contributed by atoms with Crippen LogP contribution in [0, 0.1) is 0 Å². The molecule has 1 aromatic carbocycles. The van der Waals surface area contributed by atoms with Crippen molar-refractivity contribution in [1.82, 2.24) is 4.72 Å². The van der Waals surface area contributed by atoms with E-state index < -0.39 is 9.71 Å². The Morgan fingerprint density at radius 3 is 2.79 bits per heavy atom. The molecule has 0 aliphatic carbocycles. The molecule has 0 heterocycles. The largest absolute Gasteiger partial charge is 0.388 e. The minimum atomic E-state index is -2.33. The molecule has 3 nitrogen and oxygen atoms in total. The first kappa shape index (κ1) is 11.1. The lowest BCUT2D eigenvalue weighted by atomic mass is 10.3. The summed E-state index contributed by atoms with van der Waals surface area (Å²) in [5, 5.41) is 3.00. The fourth-order valence-electron chi connectivity index (χ4n) is 1.17. The van der Waals surface area contributed by atoms with Crippen LogP contribution < -0.4 is 10.0 Å². The molecular formula is C10H16N2OS. The molecule has 0 saturated carbocycles. The van der Waals surface area contributed by atoms with Gasteiger partial charge in [-0.15, -0.1) is 0 Å². The Hall–Kier alpha value is -1.00. The summed E-state index contributed by atoms with van der Waals surface area (Å²) in [5.74, 6) is 3.69. The average Bonchev–Trinajstić information content (AvgIpc) is 2.18. The van der Waals surface area contributed by atoms with Gasteiger partial charge < -0.3 is 5.32 Å². The van der Waals surface area contributed by atoms with Crippen molar-refractivity contribution < 1.29 is 4.21 Å². The topological polar surface area (TPSA) is 41.1 Å². The maximum absolute atomic E-state index is 12.0. The SMILES string of the molecule is C=S(=O)(NCC)c1cccc(NC)c1. The lowest BCUT2D eigenvalue weighted by Gasteiger charge is -2.10.